The van der Waals surface area contributed by atoms with Crippen molar-refractivity contribution in [2.75, 3.05) is 25.6 Å². The number of carbonyl (C=O) groups excluding carboxylic acids is 1. The van der Waals surface area contributed by atoms with Gasteiger partial charge in [0.1, 0.15) is 30.6 Å². The first-order valence-electron chi connectivity index (χ1n) is 10.5. The lowest BCUT2D eigenvalue weighted by Crippen LogP contribution is -2.13. The normalized spacial score (nSPS) is 11.5. The SMILES string of the molecule is COc1cc(/C=C(/C#N)C(=O)Nc2nnc(C(F)(F)F)s2)ccc1OCCOc1ccc(C)cc1C. The Kier molecular flexibility index (Phi) is 8.50. The van der Waals surface area contributed by atoms with E-state index in [0.29, 0.717) is 23.7 Å². The monoisotopic (exact) mass is 518 g/mol. The highest BCUT2D eigenvalue weighted by Crippen LogP contribution is 2.33. The van der Waals surface area contributed by atoms with Crippen molar-refractivity contribution < 1.29 is 32.2 Å². The number of methoxy groups -OCH3 is 1. The number of nitrogens with one attached hydrogen (secondary N) is 1. The van der Waals surface area contributed by atoms with E-state index in [1.165, 1.54) is 13.2 Å². The number of carbonyl (C=O) groups is 1. The van der Waals surface area contributed by atoms with Gasteiger partial charge < -0.3 is 14.2 Å². The predicted molar refractivity (Wildman–Crippen MR) is 127 cm³/mol. The van der Waals surface area contributed by atoms with Crippen molar-refractivity contribution in [3.8, 4) is 23.3 Å². The average Bonchev–Trinajstić information content (AvgIpc) is 3.31. The van der Waals surface area contributed by atoms with Crippen molar-refractivity contribution in [3.05, 3.63) is 63.7 Å². The molecule has 1 amide bonds. The number of rotatable bonds is 9. The smallest absolute Gasteiger partial charge is 0.445 e. The Morgan fingerprint density at radius 1 is 1.08 bits per heavy atom. The summed E-state index contributed by atoms with van der Waals surface area (Å²) in [5, 5.41) is 16.2. The number of aromatic nitrogens is 2. The van der Waals surface area contributed by atoms with E-state index in [1.807, 2.05) is 32.0 Å². The number of nitrogens with zero attached hydrogens (tertiary/aromatic N) is 3. The molecular weight excluding hydrogens is 497 g/mol. The van der Waals surface area contributed by atoms with Gasteiger partial charge in [0, 0.05) is 0 Å². The summed E-state index contributed by atoms with van der Waals surface area (Å²) in [5.74, 6) is 0.620. The lowest BCUT2D eigenvalue weighted by molar-refractivity contribution is -0.138. The largest absolute Gasteiger partial charge is 0.493 e. The van der Waals surface area contributed by atoms with Crippen LogP contribution >= 0.6 is 11.3 Å². The minimum Gasteiger partial charge on any atom is -0.493 e. The Labute approximate surface area is 208 Å². The molecule has 0 unspecified atom stereocenters. The number of nitriles is 1. The molecule has 1 N–H and O–H groups in total. The van der Waals surface area contributed by atoms with E-state index in [9.17, 15) is 23.2 Å². The van der Waals surface area contributed by atoms with Gasteiger partial charge in [0.25, 0.3) is 5.91 Å². The molecule has 8 nitrogen and oxygen atoms in total. The van der Waals surface area contributed by atoms with Gasteiger partial charge in [-0.05, 0) is 49.2 Å². The quantitative estimate of drug-likeness (QED) is 0.236. The van der Waals surface area contributed by atoms with Crippen LogP contribution < -0.4 is 19.5 Å². The van der Waals surface area contributed by atoms with E-state index in [0.717, 1.165) is 16.9 Å². The highest BCUT2D eigenvalue weighted by molar-refractivity contribution is 7.15. The minimum absolute atomic E-state index is 0.157. The molecule has 0 spiro atoms. The number of hydrogen-bond acceptors (Lipinski definition) is 8. The summed E-state index contributed by atoms with van der Waals surface area (Å²) in [6.45, 7) is 4.51. The van der Waals surface area contributed by atoms with Crippen molar-refractivity contribution in [2.24, 2.45) is 0 Å². The van der Waals surface area contributed by atoms with Crippen molar-refractivity contribution in [2.45, 2.75) is 20.0 Å². The summed E-state index contributed by atoms with van der Waals surface area (Å²) in [6, 6.07) is 12.4. The Balaban J connectivity index is 1.63. The van der Waals surface area contributed by atoms with Crippen LogP contribution in [-0.4, -0.2) is 36.4 Å². The second-order valence-electron chi connectivity index (χ2n) is 7.41. The van der Waals surface area contributed by atoms with Crippen LogP contribution in [0, 0.1) is 25.2 Å². The van der Waals surface area contributed by atoms with Crippen molar-refractivity contribution >= 4 is 28.5 Å². The van der Waals surface area contributed by atoms with Crippen LogP contribution in [0.2, 0.25) is 0 Å². The molecule has 2 aromatic carbocycles. The summed E-state index contributed by atoms with van der Waals surface area (Å²) in [4.78, 5) is 12.3. The summed E-state index contributed by atoms with van der Waals surface area (Å²) in [6.07, 6.45) is -3.42. The van der Waals surface area contributed by atoms with Gasteiger partial charge in [-0.15, -0.1) is 10.2 Å². The van der Waals surface area contributed by atoms with E-state index in [1.54, 1.807) is 24.3 Å². The van der Waals surface area contributed by atoms with Gasteiger partial charge in [0.2, 0.25) is 10.1 Å². The first-order valence-corrected chi connectivity index (χ1v) is 11.3. The van der Waals surface area contributed by atoms with Gasteiger partial charge in [-0.2, -0.15) is 18.4 Å². The number of halogens is 3. The van der Waals surface area contributed by atoms with Gasteiger partial charge >= 0.3 is 6.18 Å². The highest BCUT2D eigenvalue weighted by atomic mass is 32.1. The number of aryl methyl sites for hydroxylation is 2. The standard InChI is InChI=1S/C24H21F3N4O4S/c1-14-4-6-18(15(2)10-14)34-8-9-35-19-7-5-16(12-20(19)33-3)11-17(13-28)21(32)29-23-31-30-22(36-23)24(25,26)27/h4-7,10-12H,8-9H2,1-3H3,(H,29,31,32)/b17-11-. The summed E-state index contributed by atoms with van der Waals surface area (Å²) in [5.41, 5.74) is 2.25. The topological polar surface area (TPSA) is 106 Å². The van der Waals surface area contributed by atoms with Gasteiger partial charge in [-0.3, -0.25) is 10.1 Å². The van der Waals surface area contributed by atoms with Gasteiger partial charge in [0.05, 0.1) is 7.11 Å². The minimum atomic E-state index is -4.68. The average molecular weight is 519 g/mol. The van der Waals surface area contributed by atoms with Gasteiger partial charge in [0.15, 0.2) is 11.5 Å². The lowest BCUT2D eigenvalue weighted by Gasteiger charge is -2.13. The molecule has 12 heteroatoms. The van der Waals surface area contributed by atoms with Gasteiger partial charge in [-0.25, -0.2) is 0 Å². The molecule has 1 heterocycles. The first-order chi connectivity index (χ1) is 17.1. The van der Waals surface area contributed by atoms with E-state index < -0.39 is 17.1 Å². The van der Waals surface area contributed by atoms with Crippen LogP contribution in [0.15, 0.2) is 42.0 Å². The fraction of sp³-hybridized carbons (Fsp3) is 0.250. The fourth-order valence-electron chi connectivity index (χ4n) is 3.03. The predicted octanol–water partition coefficient (Wildman–Crippen LogP) is 5.19. The number of benzene rings is 2. The van der Waals surface area contributed by atoms with E-state index >= 15 is 0 Å². The maximum absolute atomic E-state index is 12.7. The maximum atomic E-state index is 12.7. The van der Waals surface area contributed by atoms with Crippen molar-refractivity contribution in [3.63, 3.8) is 0 Å². The van der Waals surface area contributed by atoms with Crippen LogP contribution in [0.1, 0.15) is 21.7 Å². The van der Waals surface area contributed by atoms with Crippen LogP contribution in [-0.2, 0) is 11.0 Å². The van der Waals surface area contributed by atoms with Crippen molar-refractivity contribution in [1.29, 1.82) is 5.26 Å². The van der Waals surface area contributed by atoms with Crippen LogP contribution in [0.4, 0.5) is 18.3 Å². The van der Waals surface area contributed by atoms with Crippen LogP contribution in [0.3, 0.4) is 0 Å². The highest BCUT2D eigenvalue weighted by Gasteiger charge is 2.35. The van der Waals surface area contributed by atoms with Crippen LogP contribution in [0.25, 0.3) is 6.08 Å². The summed E-state index contributed by atoms with van der Waals surface area (Å²) < 4.78 is 54.8. The Morgan fingerprint density at radius 2 is 1.78 bits per heavy atom. The molecular formula is C24H21F3N4O4S. The third-order valence-electron chi connectivity index (χ3n) is 4.68. The number of ether oxygens (including phenoxy) is 3. The number of hydrogen-bond donors (Lipinski definition) is 1. The van der Waals surface area contributed by atoms with Gasteiger partial charge in [-0.1, -0.05) is 35.1 Å². The Hall–Kier alpha value is -4.11. The van der Waals surface area contributed by atoms with Crippen molar-refractivity contribution in [1.82, 2.24) is 10.2 Å². The molecule has 36 heavy (non-hydrogen) atoms. The second kappa shape index (κ2) is 11.5. The zero-order valence-electron chi connectivity index (χ0n) is 19.5. The molecule has 3 rings (SSSR count). The maximum Gasteiger partial charge on any atom is 0.445 e. The Bertz CT molecular complexity index is 1320. The third-order valence-corrected chi connectivity index (χ3v) is 5.56. The van der Waals surface area contributed by atoms with E-state index in [4.69, 9.17) is 14.2 Å². The molecule has 0 atom stereocenters. The molecule has 1 aromatic heterocycles. The number of amides is 1. The molecule has 188 valence electrons. The summed E-state index contributed by atoms with van der Waals surface area (Å²) in [7, 11) is 1.44. The molecule has 0 saturated carbocycles. The zero-order valence-corrected chi connectivity index (χ0v) is 20.3. The molecule has 0 aliphatic carbocycles. The molecule has 0 bridgehead atoms. The second-order valence-corrected chi connectivity index (χ2v) is 8.39. The number of alkyl halides is 3. The lowest BCUT2D eigenvalue weighted by atomic mass is 10.1. The fourth-order valence-corrected chi connectivity index (χ4v) is 3.63. The van der Waals surface area contributed by atoms with E-state index in [2.05, 4.69) is 15.5 Å². The third kappa shape index (κ3) is 6.96. The summed E-state index contributed by atoms with van der Waals surface area (Å²) >= 11 is 0.157. The molecule has 0 saturated heterocycles. The first kappa shape index (κ1) is 26.5. The molecule has 3 aromatic rings. The molecule has 0 radical (unpaired) electrons. The molecule has 0 aliphatic rings. The molecule has 0 aliphatic heterocycles. The van der Waals surface area contributed by atoms with E-state index in [-0.39, 0.29) is 28.6 Å². The van der Waals surface area contributed by atoms with Crippen LogP contribution in [0.5, 0.6) is 17.2 Å². The Morgan fingerprint density at radius 3 is 2.39 bits per heavy atom. The zero-order chi connectivity index (χ0) is 26.3. The molecule has 0 fully saturated rings. The number of anilines is 1.